The molecule has 9 heteroatoms. The van der Waals surface area contributed by atoms with E-state index in [0.29, 0.717) is 12.4 Å². The normalized spacial score (nSPS) is 11.1. The topological polar surface area (TPSA) is 113 Å². The number of nitrogens with zero attached hydrogens (tertiary/aromatic N) is 2. The van der Waals surface area contributed by atoms with Crippen LogP contribution >= 0.6 is 0 Å². The third kappa shape index (κ3) is 5.18. The molecule has 1 aromatic heterocycles. The van der Waals surface area contributed by atoms with Crippen LogP contribution in [-0.4, -0.2) is 50.4 Å². The molecular formula is C10H17N5O3S. The number of carbonyl (C=O) groups is 1. The molecule has 0 atom stereocenters. The van der Waals surface area contributed by atoms with Gasteiger partial charge in [-0.1, -0.05) is 0 Å². The summed E-state index contributed by atoms with van der Waals surface area (Å²) in [5.74, 6) is -0.0586. The lowest BCUT2D eigenvalue weighted by Gasteiger charge is -2.05. The number of hydrogen-bond donors (Lipinski definition) is 3. The Morgan fingerprint density at radius 1 is 1.32 bits per heavy atom. The van der Waals surface area contributed by atoms with Gasteiger partial charge in [-0.3, -0.25) is 4.79 Å². The van der Waals surface area contributed by atoms with Gasteiger partial charge in [0.1, 0.15) is 5.82 Å². The molecule has 0 aliphatic carbocycles. The van der Waals surface area contributed by atoms with Crippen molar-refractivity contribution in [1.29, 1.82) is 0 Å². The summed E-state index contributed by atoms with van der Waals surface area (Å²) in [6.45, 7) is 2.64. The van der Waals surface area contributed by atoms with Crippen molar-refractivity contribution in [2.75, 3.05) is 31.2 Å². The molecule has 0 radical (unpaired) electrons. The zero-order valence-electron chi connectivity index (χ0n) is 10.8. The summed E-state index contributed by atoms with van der Waals surface area (Å²) < 4.78 is 24.4. The molecule has 0 aromatic carbocycles. The number of anilines is 1. The smallest absolute Gasteiger partial charge is 0.271 e. The molecule has 3 N–H and O–H groups in total. The Kier molecular flexibility index (Phi) is 5.64. The van der Waals surface area contributed by atoms with Crippen LogP contribution in [0.5, 0.6) is 0 Å². The van der Waals surface area contributed by atoms with Crippen LogP contribution in [0, 0.1) is 0 Å². The number of carbonyl (C=O) groups excluding carboxylic acids is 1. The Morgan fingerprint density at radius 2 is 2.05 bits per heavy atom. The summed E-state index contributed by atoms with van der Waals surface area (Å²) in [6.07, 6.45) is 0. The lowest BCUT2D eigenvalue weighted by molar-refractivity contribution is 0.0950. The second kappa shape index (κ2) is 7.00. The fraction of sp³-hybridized carbons (Fsp3) is 0.500. The third-order valence-electron chi connectivity index (χ3n) is 2.22. The fourth-order valence-corrected chi connectivity index (χ4v) is 1.80. The predicted molar refractivity (Wildman–Crippen MR) is 71.4 cm³/mol. The first kappa shape index (κ1) is 15.3. The van der Waals surface area contributed by atoms with E-state index in [2.05, 4.69) is 25.6 Å². The van der Waals surface area contributed by atoms with Crippen molar-refractivity contribution in [3.63, 3.8) is 0 Å². The number of rotatable bonds is 7. The van der Waals surface area contributed by atoms with Gasteiger partial charge in [0.15, 0.2) is 5.69 Å². The Balaban J connectivity index is 2.50. The Bertz CT molecular complexity index is 514. The first-order valence-electron chi connectivity index (χ1n) is 5.75. The zero-order chi connectivity index (χ0) is 14.3. The lowest BCUT2D eigenvalue weighted by atomic mass is 10.3. The first-order valence-corrected chi connectivity index (χ1v) is 7.40. The van der Waals surface area contributed by atoms with Crippen LogP contribution in [0.2, 0.25) is 0 Å². The van der Waals surface area contributed by atoms with Gasteiger partial charge in [-0.05, 0) is 26.1 Å². The van der Waals surface area contributed by atoms with Gasteiger partial charge in [-0.2, -0.15) is 0 Å². The standard InChI is InChI=1S/C10H17N5O3S/c1-3-12-9-5-4-8(14-15-9)10(16)13-6-7-19(17,18)11-2/h4-5,11H,3,6-7H2,1-2H3,(H,12,15)(H,13,16). The second-order valence-corrected chi connectivity index (χ2v) is 5.66. The highest BCUT2D eigenvalue weighted by atomic mass is 32.2. The zero-order valence-corrected chi connectivity index (χ0v) is 11.6. The average molecular weight is 287 g/mol. The molecule has 0 saturated carbocycles. The largest absolute Gasteiger partial charge is 0.369 e. The van der Waals surface area contributed by atoms with Crippen molar-refractivity contribution in [1.82, 2.24) is 20.2 Å². The molecule has 0 spiro atoms. The Labute approximate surface area is 112 Å². The summed E-state index contributed by atoms with van der Waals surface area (Å²) in [5.41, 5.74) is 0.142. The van der Waals surface area contributed by atoms with Crippen LogP contribution < -0.4 is 15.4 Å². The summed E-state index contributed by atoms with van der Waals surface area (Å²) in [4.78, 5) is 11.6. The maximum Gasteiger partial charge on any atom is 0.271 e. The van der Waals surface area contributed by atoms with Crippen molar-refractivity contribution in [3.8, 4) is 0 Å². The average Bonchev–Trinajstić information content (AvgIpc) is 2.39. The van der Waals surface area contributed by atoms with Gasteiger partial charge in [0.05, 0.1) is 5.75 Å². The van der Waals surface area contributed by atoms with Gasteiger partial charge in [0, 0.05) is 13.1 Å². The Morgan fingerprint density at radius 3 is 2.58 bits per heavy atom. The molecule has 0 saturated heterocycles. The van der Waals surface area contributed by atoms with Crippen LogP contribution in [0.1, 0.15) is 17.4 Å². The summed E-state index contributed by atoms with van der Waals surface area (Å²) in [7, 11) is -2.00. The Hall–Kier alpha value is -1.74. The van der Waals surface area contributed by atoms with E-state index < -0.39 is 15.9 Å². The van der Waals surface area contributed by atoms with Gasteiger partial charge < -0.3 is 10.6 Å². The van der Waals surface area contributed by atoms with Crippen LogP contribution in [0.3, 0.4) is 0 Å². The summed E-state index contributed by atoms with van der Waals surface area (Å²) in [6, 6.07) is 3.16. The number of nitrogens with one attached hydrogen (secondary N) is 3. The van der Waals surface area contributed by atoms with Crippen molar-refractivity contribution in [2.45, 2.75) is 6.92 Å². The van der Waals surface area contributed by atoms with Crippen molar-refractivity contribution in [2.24, 2.45) is 0 Å². The summed E-state index contributed by atoms with van der Waals surface area (Å²) >= 11 is 0. The monoisotopic (exact) mass is 287 g/mol. The van der Waals surface area contributed by atoms with E-state index in [1.54, 1.807) is 6.07 Å². The minimum absolute atomic E-state index is 0.0125. The van der Waals surface area contributed by atoms with Gasteiger partial charge >= 0.3 is 0 Å². The van der Waals surface area contributed by atoms with Crippen LogP contribution in [-0.2, 0) is 10.0 Å². The predicted octanol–water partition coefficient (Wildman–Crippen LogP) is -0.813. The molecule has 0 aliphatic heterocycles. The third-order valence-corrected chi connectivity index (χ3v) is 3.59. The second-order valence-electron chi connectivity index (χ2n) is 3.61. The molecule has 8 nitrogen and oxygen atoms in total. The van der Waals surface area contributed by atoms with Crippen LogP contribution in [0.15, 0.2) is 12.1 Å². The van der Waals surface area contributed by atoms with Crippen LogP contribution in [0.4, 0.5) is 5.82 Å². The van der Waals surface area contributed by atoms with E-state index in [9.17, 15) is 13.2 Å². The highest BCUT2D eigenvalue weighted by molar-refractivity contribution is 7.89. The molecule has 1 aromatic rings. The quantitative estimate of drug-likeness (QED) is 0.604. The molecule has 1 heterocycles. The molecule has 0 bridgehead atoms. The molecule has 1 amide bonds. The minimum Gasteiger partial charge on any atom is -0.369 e. The van der Waals surface area contributed by atoms with E-state index in [1.807, 2.05) is 6.92 Å². The minimum atomic E-state index is -3.32. The van der Waals surface area contributed by atoms with Crippen molar-refractivity contribution >= 4 is 21.7 Å². The molecule has 19 heavy (non-hydrogen) atoms. The van der Waals surface area contributed by atoms with Crippen molar-refractivity contribution in [3.05, 3.63) is 17.8 Å². The van der Waals surface area contributed by atoms with E-state index >= 15 is 0 Å². The number of amides is 1. The highest BCUT2D eigenvalue weighted by Crippen LogP contribution is 2.01. The van der Waals surface area contributed by atoms with Gasteiger partial charge in [0.2, 0.25) is 10.0 Å². The summed E-state index contributed by atoms with van der Waals surface area (Å²) in [5, 5.41) is 13.0. The van der Waals surface area contributed by atoms with Crippen molar-refractivity contribution < 1.29 is 13.2 Å². The maximum atomic E-state index is 11.6. The molecular weight excluding hydrogens is 270 g/mol. The molecule has 1 rings (SSSR count). The lowest BCUT2D eigenvalue weighted by Crippen LogP contribution is -2.33. The van der Waals surface area contributed by atoms with Gasteiger partial charge in [-0.15, -0.1) is 10.2 Å². The fourth-order valence-electron chi connectivity index (χ4n) is 1.22. The van der Waals surface area contributed by atoms with E-state index in [4.69, 9.17) is 0 Å². The van der Waals surface area contributed by atoms with Gasteiger partial charge in [0.25, 0.3) is 5.91 Å². The molecule has 0 unspecified atom stereocenters. The maximum absolute atomic E-state index is 11.6. The number of aromatic nitrogens is 2. The van der Waals surface area contributed by atoms with E-state index in [1.165, 1.54) is 13.1 Å². The molecule has 0 fully saturated rings. The van der Waals surface area contributed by atoms with E-state index in [0.717, 1.165) is 0 Å². The number of sulfonamides is 1. The number of hydrogen-bond acceptors (Lipinski definition) is 6. The van der Waals surface area contributed by atoms with Crippen LogP contribution in [0.25, 0.3) is 0 Å². The van der Waals surface area contributed by atoms with E-state index in [-0.39, 0.29) is 18.0 Å². The highest BCUT2D eigenvalue weighted by Gasteiger charge is 2.10. The first-order chi connectivity index (χ1) is 8.98. The molecule has 106 valence electrons. The SMILES string of the molecule is CCNc1ccc(C(=O)NCCS(=O)(=O)NC)nn1. The molecule has 0 aliphatic rings. The van der Waals surface area contributed by atoms with Gasteiger partial charge in [-0.25, -0.2) is 13.1 Å².